The van der Waals surface area contributed by atoms with Gasteiger partial charge in [-0.15, -0.1) is 0 Å². The Balaban J connectivity index is 2.34. The van der Waals surface area contributed by atoms with Gasteiger partial charge in [0.25, 0.3) is 0 Å². The molecule has 0 aromatic rings. The summed E-state index contributed by atoms with van der Waals surface area (Å²) in [5, 5.41) is 2.78. The normalized spacial score (nSPS) is 22.3. The predicted molar refractivity (Wildman–Crippen MR) is 64.2 cm³/mol. The molecule has 4 heteroatoms. The maximum atomic E-state index is 11.5. The predicted octanol–water partition coefficient (Wildman–Crippen LogP) is 2.82. The third-order valence-corrected chi connectivity index (χ3v) is 2.56. The molecule has 0 aliphatic heterocycles. The van der Waals surface area contributed by atoms with E-state index in [1.165, 1.54) is 0 Å². The molecule has 0 bridgehead atoms. The van der Waals surface area contributed by atoms with Crippen LogP contribution in [0.25, 0.3) is 0 Å². The standard InChI is InChI=1S/C11H19NO2S/c1-11(2,3)12-10(13)14-8-5-4-6-9(15)7-8/h8H,4-7H2,1-3H3,(H,12,13). The SMILES string of the molecule is CC(C)(C)NC(=O)OC1CCCC(=S)C1. The van der Waals surface area contributed by atoms with Crippen molar-refractivity contribution in [1.82, 2.24) is 5.32 Å². The molecule has 0 saturated heterocycles. The number of thiocarbonyl (C=S) groups is 1. The van der Waals surface area contributed by atoms with Crippen LogP contribution < -0.4 is 5.32 Å². The Morgan fingerprint density at radius 1 is 1.53 bits per heavy atom. The molecule has 1 atom stereocenters. The van der Waals surface area contributed by atoms with E-state index in [-0.39, 0.29) is 17.7 Å². The van der Waals surface area contributed by atoms with Crippen LogP contribution >= 0.6 is 12.2 Å². The maximum absolute atomic E-state index is 11.5. The van der Waals surface area contributed by atoms with E-state index < -0.39 is 0 Å². The molecule has 1 rings (SSSR count). The van der Waals surface area contributed by atoms with E-state index in [0.29, 0.717) is 0 Å². The van der Waals surface area contributed by atoms with Crippen molar-refractivity contribution in [2.45, 2.75) is 58.1 Å². The van der Waals surface area contributed by atoms with Crippen LogP contribution in [-0.4, -0.2) is 22.6 Å². The van der Waals surface area contributed by atoms with Crippen molar-refractivity contribution < 1.29 is 9.53 Å². The monoisotopic (exact) mass is 229 g/mol. The van der Waals surface area contributed by atoms with Gasteiger partial charge in [-0.2, -0.15) is 0 Å². The summed E-state index contributed by atoms with van der Waals surface area (Å²) in [6, 6.07) is 0. The minimum atomic E-state index is -0.336. The highest BCUT2D eigenvalue weighted by Crippen LogP contribution is 2.19. The van der Waals surface area contributed by atoms with Crippen LogP contribution in [-0.2, 0) is 4.74 Å². The molecule has 3 nitrogen and oxygen atoms in total. The van der Waals surface area contributed by atoms with Crippen LogP contribution in [0.1, 0.15) is 46.5 Å². The average Bonchev–Trinajstić information content (AvgIpc) is 1.99. The van der Waals surface area contributed by atoms with E-state index in [1.807, 2.05) is 20.8 Å². The fraction of sp³-hybridized carbons (Fsp3) is 0.818. The number of ether oxygens (including phenoxy) is 1. The van der Waals surface area contributed by atoms with Crippen LogP contribution in [0.15, 0.2) is 0 Å². The summed E-state index contributed by atoms with van der Waals surface area (Å²) >= 11 is 5.13. The lowest BCUT2D eigenvalue weighted by molar-refractivity contribution is 0.0862. The summed E-state index contributed by atoms with van der Waals surface area (Å²) in [5.41, 5.74) is -0.244. The van der Waals surface area contributed by atoms with Gasteiger partial charge in [-0.25, -0.2) is 4.79 Å². The third kappa shape index (κ3) is 5.11. The Labute approximate surface area is 96.6 Å². The largest absolute Gasteiger partial charge is 0.446 e. The number of hydrogen-bond acceptors (Lipinski definition) is 3. The number of carbonyl (C=O) groups excluding carboxylic acids is 1. The van der Waals surface area contributed by atoms with E-state index in [0.717, 1.165) is 30.5 Å². The smallest absolute Gasteiger partial charge is 0.407 e. The molecular weight excluding hydrogens is 210 g/mol. The number of carbonyl (C=O) groups is 1. The summed E-state index contributed by atoms with van der Waals surface area (Å²) in [4.78, 5) is 12.5. The molecule has 1 N–H and O–H groups in total. The first-order valence-electron chi connectivity index (χ1n) is 5.37. The number of rotatable bonds is 1. The lowest BCUT2D eigenvalue weighted by atomic mass is 9.97. The summed E-state index contributed by atoms with van der Waals surface area (Å²) in [7, 11) is 0. The Kier molecular flexibility index (Phi) is 4.08. The first kappa shape index (κ1) is 12.4. The molecule has 1 aliphatic rings. The lowest BCUT2D eigenvalue weighted by Gasteiger charge is -2.26. The quantitative estimate of drug-likeness (QED) is 0.703. The van der Waals surface area contributed by atoms with E-state index in [9.17, 15) is 4.79 Å². The molecule has 0 radical (unpaired) electrons. The highest BCUT2D eigenvalue weighted by molar-refractivity contribution is 7.80. The summed E-state index contributed by atoms with van der Waals surface area (Å²) < 4.78 is 5.30. The molecule has 0 spiro atoms. The van der Waals surface area contributed by atoms with Crippen molar-refractivity contribution in [3.8, 4) is 0 Å². The summed E-state index contributed by atoms with van der Waals surface area (Å²) in [6.45, 7) is 5.79. The van der Waals surface area contributed by atoms with E-state index >= 15 is 0 Å². The zero-order valence-electron chi connectivity index (χ0n) is 9.63. The van der Waals surface area contributed by atoms with Gasteiger partial charge in [0.05, 0.1) is 0 Å². The van der Waals surface area contributed by atoms with Crippen LogP contribution in [0.4, 0.5) is 4.79 Å². The van der Waals surface area contributed by atoms with Crippen LogP contribution in [0.2, 0.25) is 0 Å². The summed E-state index contributed by atoms with van der Waals surface area (Å²) in [6.07, 6.45) is 3.35. The van der Waals surface area contributed by atoms with Gasteiger partial charge in [0.15, 0.2) is 0 Å². The zero-order valence-corrected chi connectivity index (χ0v) is 10.4. The lowest BCUT2D eigenvalue weighted by Crippen LogP contribution is -2.42. The molecule has 1 unspecified atom stereocenters. The Morgan fingerprint density at radius 2 is 2.20 bits per heavy atom. The second kappa shape index (κ2) is 4.92. The molecule has 0 aromatic heterocycles. The van der Waals surface area contributed by atoms with Gasteiger partial charge in [-0.3, -0.25) is 0 Å². The minimum Gasteiger partial charge on any atom is -0.446 e. The van der Waals surface area contributed by atoms with Crippen molar-refractivity contribution in [2.24, 2.45) is 0 Å². The fourth-order valence-electron chi connectivity index (χ4n) is 1.57. The van der Waals surface area contributed by atoms with Gasteiger partial charge in [-0.05, 0) is 44.9 Å². The molecule has 15 heavy (non-hydrogen) atoms. The molecular formula is C11H19NO2S. The topological polar surface area (TPSA) is 38.3 Å². The highest BCUT2D eigenvalue weighted by atomic mass is 32.1. The molecule has 1 aliphatic carbocycles. The molecule has 86 valence electrons. The first-order chi connectivity index (χ1) is 6.87. The fourth-order valence-corrected chi connectivity index (χ4v) is 1.90. The Hall–Kier alpha value is -0.640. The number of amides is 1. The van der Waals surface area contributed by atoms with Gasteiger partial charge >= 0.3 is 6.09 Å². The van der Waals surface area contributed by atoms with Gasteiger partial charge in [-0.1, -0.05) is 12.2 Å². The molecule has 1 saturated carbocycles. The van der Waals surface area contributed by atoms with E-state index in [4.69, 9.17) is 17.0 Å². The average molecular weight is 229 g/mol. The van der Waals surface area contributed by atoms with Crippen LogP contribution in [0.5, 0.6) is 0 Å². The van der Waals surface area contributed by atoms with Crippen molar-refractivity contribution in [2.75, 3.05) is 0 Å². The molecule has 1 fully saturated rings. The maximum Gasteiger partial charge on any atom is 0.407 e. The minimum absolute atomic E-state index is 0.0198. The molecule has 0 aromatic carbocycles. The van der Waals surface area contributed by atoms with Gasteiger partial charge in [0.2, 0.25) is 0 Å². The van der Waals surface area contributed by atoms with Crippen molar-refractivity contribution in [3.05, 3.63) is 0 Å². The molecule has 1 amide bonds. The number of hydrogen-bond donors (Lipinski definition) is 1. The van der Waals surface area contributed by atoms with Crippen molar-refractivity contribution in [3.63, 3.8) is 0 Å². The number of alkyl carbamates (subject to hydrolysis) is 1. The third-order valence-electron chi connectivity index (χ3n) is 2.19. The Bertz CT molecular complexity index is 258. The first-order valence-corrected chi connectivity index (χ1v) is 5.78. The zero-order chi connectivity index (χ0) is 11.5. The van der Waals surface area contributed by atoms with E-state index in [2.05, 4.69) is 5.32 Å². The van der Waals surface area contributed by atoms with Crippen molar-refractivity contribution >= 4 is 23.2 Å². The highest BCUT2D eigenvalue weighted by Gasteiger charge is 2.22. The van der Waals surface area contributed by atoms with Gasteiger partial charge in [0.1, 0.15) is 6.10 Å². The van der Waals surface area contributed by atoms with Gasteiger partial charge < -0.3 is 10.1 Å². The van der Waals surface area contributed by atoms with Crippen LogP contribution in [0, 0.1) is 0 Å². The Morgan fingerprint density at radius 3 is 2.73 bits per heavy atom. The van der Waals surface area contributed by atoms with Crippen molar-refractivity contribution in [1.29, 1.82) is 0 Å². The summed E-state index contributed by atoms with van der Waals surface area (Å²) in [5.74, 6) is 0. The molecule has 0 heterocycles. The number of nitrogens with one attached hydrogen (secondary N) is 1. The van der Waals surface area contributed by atoms with Gasteiger partial charge in [0, 0.05) is 12.0 Å². The second-order valence-corrected chi connectivity index (χ2v) is 5.61. The van der Waals surface area contributed by atoms with Crippen LogP contribution in [0.3, 0.4) is 0 Å². The van der Waals surface area contributed by atoms with E-state index in [1.54, 1.807) is 0 Å². The second-order valence-electron chi connectivity index (χ2n) is 5.04.